The molecule has 0 aromatic carbocycles. The van der Waals surface area contributed by atoms with E-state index in [4.69, 9.17) is 5.11 Å². The van der Waals surface area contributed by atoms with Crippen LogP contribution < -0.4 is 0 Å². The van der Waals surface area contributed by atoms with E-state index >= 15 is 0 Å². The zero-order chi connectivity index (χ0) is 14.3. The van der Waals surface area contributed by atoms with Gasteiger partial charge in [-0.2, -0.15) is 0 Å². The summed E-state index contributed by atoms with van der Waals surface area (Å²) < 4.78 is 0. The molecule has 0 aromatic heterocycles. The van der Waals surface area contributed by atoms with Gasteiger partial charge in [-0.1, -0.05) is 18.9 Å². The molecule has 0 bridgehead atoms. The number of carboxylic acids is 1. The van der Waals surface area contributed by atoms with Gasteiger partial charge in [0.15, 0.2) is 0 Å². The van der Waals surface area contributed by atoms with Gasteiger partial charge < -0.3 is 14.9 Å². The first-order chi connectivity index (χ1) is 9.06. The maximum atomic E-state index is 12.3. The maximum absolute atomic E-state index is 12.3. The molecular weight excluding hydrogens is 244 g/mol. The number of rotatable bonds is 7. The van der Waals surface area contributed by atoms with Gasteiger partial charge in [-0.05, 0) is 25.7 Å². The lowest BCUT2D eigenvalue weighted by molar-refractivity contribution is -0.138. The van der Waals surface area contributed by atoms with Crippen molar-refractivity contribution in [1.29, 1.82) is 0 Å². The Morgan fingerprint density at radius 3 is 2.53 bits per heavy atom. The standard InChI is InChI=1S/C14H24N2O3/c1-3-4-7-10-15(2)14(19)16(11-13(17)18)12-8-5-6-9-12/h3,12H,1,4-11H2,2H3,(H,17,18). The molecule has 1 aliphatic carbocycles. The summed E-state index contributed by atoms with van der Waals surface area (Å²) in [5.41, 5.74) is 0. The van der Waals surface area contributed by atoms with Crippen LogP contribution in [-0.2, 0) is 4.79 Å². The zero-order valence-electron chi connectivity index (χ0n) is 11.7. The molecule has 108 valence electrons. The fraction of sp³-hybridized carbons (Fsp3) is 0.714. The summed E-state index contributed by atoms with van der Waals surface area (Å²) in [7, 11) is 1.73. The molecule has 2 amide bonds. The van der Waals surface area contributed by atoms with Crippen molar-refractivity contribution >= 4 is 12.0 Å². The fourth-order valence-corrected chi connectivity index (χ4v) is 2.50. The van der Waals surface area contributed by atoms with Crippen molar-refractivity contribution in [2.24, 2.45) is 0 Å². The monoisotopic (exact) mass is 268 g/mol. The number of hydrogen-bond donors (Lipinski definition) is 1. The summed E-state index contributed by atoms with van der Waals surface area (Å²) in [6.07, 6.45) is 7.53. The van der Waals surface area contributed by atoms with E-state index in [0.29, 0.717) is 6.54 Å². The topological polar surface area (TPSA) is 60.9 Å². The van der Waals surface area contributed by atoms with Crippen LogP contribution in [0.15, 0.2) is 12.7 Å². The van der Waals surface area contributed by atoms with Crippen molar-refractivity contribution in [2.45, 2.75) is 44.6 Å². The van der Waals surface area contributed by atoms with E-state index in [1.54, 1.807) is 11.9 Å². The Bertz CT molecular complexity index is 325. The molecule has 0 radical (unpaired) electrons. The zero-order valence-corrected chi connectivity index (χ0v) is 11.7. The summed E-state index contributed by atoms with van der Waals surface area (Å²) in [4.78, 5) is 26.4. The molecule has 0 aliphatic heterocycles. The SMILES string of the molecule is C=CCCCN(C)C(=O)N(CC(=O)O)C1CCCC1. The Hall–Kier alpha value is -1.52. The van der Waals surface area contributed by atoms with Crippen molar-refractivity contribution in [2.75, 3.05) is 20.1 Å². The van der Waals surface area contributed by atoms with E-state index in [9.17, 15) is 9.59 Å². The number of carbonyl (C=O) groups is 2. The molecule has 0 heterocycles. The highest BCUT2D eigenvalue weighted by atomic mass is 16.4. The van der Waals surface area contributed by atoms with Crippen LogP contribution in [0.5, 0.6) is 0 Å². The average molecular weight is 268 g/mol. The highest BCUT2D eigenvalue weighted by Crippen LogP contribution is 2.24. The van der Waals surface area contributed by atoms with E-state index in [1.165, 1.54) is 4.90 Å². The van der Waals surface area contributed by atoms with Crippen LogP contribution in [0.3, 0.4) is 0 Å². The molecule has 0 aromatic rings. The number of unbranched alkanes of at least 4 members (excludes halogenated alkanes) is 1. The second kappa shape index (κ2) is 7.81. The van der Waals surface area contributed by atoms with E-state index in [-0.39, 0.29) is 18.6 Å². The summed E-state index contributed by atoms with van der Waals surface area (Å²) in [5.74, 6) is -0.945. The van der Waals surface area contributed by atoms with Gasteiger partial charge in [0.2, 0.25) is 0 Å². The number of aliphatic carboxylic acids is 1. The van der Waals surface area contributed by atoms with E-state index < -0.39 is 5.97 Å². The lowest BCUT2D eigenvalue weighted by atomic mass is 10.2. The third-order valence-electron chi connectivity index (χ3n) is 3.55. The van der Waals surface area contributed by atoms with Crippen LogP contribution in [0.1, 0.15) is 38.5 Å². The highest BCUT2D eigenvalue weighted by Gasteiger charge is 2.29. The number of allylic oxidation sites excluding steroid dienone is 1. The Morgan fingerprint density at radius 1 is 1.37 bits per heavy atom. The van der Waals surface area contributed by atoms with Crippen molar-refractivity contribution in [3.63, 3.8) is 0 Å². The van der Waals surface area contributed by atoms with Crippen molar-refractivity contribution in [3.05, 3.63) is 12.7 Å². The van der Waals surface area contributed by atoms with Gasteiger partial charge in [0.05, 0.1) is 0 Å². The van der Waals surface area contributed by atoms with Gasteiger partial charge in [-0.15, -0.1) is 6.58 Å². The summed E-state index contributed by atoms with van der Waals surface area (Å²) in [6.45, 7) is 4.08. The Kier molecular flexibility index (Phi) is 6.39. The summed E-state index contributed by atoms with van der Waals surface area (Å²) >= 11 is 0. The number of hydrogen-bond acceptors (Lipinski definition) is 2. The molecular formula is C14H24N2O3. The van der Waals surface area contributed by atoms with Gasteiger partial charge >= 0.3 is 12.0 Å². The van der Waals surface area contributed by atoms with E-state index in [1.807, 2.05) is 6.08 Å². The van der Waals surface area contributed by atoms with Crippen molar-refractivity contribution < 1.29 is 14.7 Å². The molecule has 1 N–H and O–H groups in total. The minimum atomic E-state index is -0.945. The van der Waals surface area contributed by atoms with Crippen LogP contribution >= 0.6 is 0 Å². The normalized spacial score (nSPS) is 15.2. The Labute approximate surface area is 114 Å². The molecule has 0 unspecified atom stereocenters. The molecule has 1 aliphatic rings. The van der Waals surface area contributed by atoms with Crippen LogP contribution in [0, 0.1) is 0 Å². The smallest absolute Gasteiger partial charge is 0.323 e. The maximum Gasteiger partial charge on any atom is 0.323 e. The lowest BCUT2D eigenvalue weighted by Gasteiger charge is -2.31. The second-order valence-electron chi connectivity index (χ2n) is 5.09. The predicted molar refractivity (Wildman–Crippen MR) is 74.1 cm³/mol. The first-order valence-electron chi connectivity index (χ1n) is 6.90. The molecule has 1 rings (SSSR count). The first-order valence-corrected chi connectivity index (χ1v) is 6.90. The summed E-state index contributed by atoms with van der Waals surface area (Å²) in [5, 5.41) is 8.96. The van der Waals surface area contributed by atoms with Gasteiger partial charge in [-0.25, -0.2) is 4.79 Å². The molecule has 0 atom stereocenters. The van der Waals surface area contributed by atoms with Crippen molar-refractivity contribution in [3.8, 4) is 0 Å². The quantitative estimate of drug-likeness (QED) is 0.569. The number of carboxylic acid groups (broad SMARTS) is 1. The van der Waals surface area contributed by atoms with Crippen LogP contribution in [0.2, 0.25) is 0 Å². The van der Waals surface area contributed by atoms with Gasteiger partial charge in [-0.3, -0.25) is 4.79 Å². The number of urea groups is 1. The fourth-order valence-electron chi connectivity index (χ4n) is 2.50. The predicted octanol–water partition coefficient (Wildman–Crippen LogP) is 2.33. The molecule has 1 fully saturated rings. The van der Waals surface area contributed by atoms with Crippen LogP contribution in [0.25, 0.3) is 0 Å². The lowest BCUT2D eigenvalue weighted by Crippen LogP contribution is -2.48. The molecule has 19 heavy (non-hydrogen) atoms. The van der Waals surface area contributed by atoms with Crippen LogP contribution in [-0.4, -0.2) is 53.1 Å². The van der Waals surface area contributed by atoms with E-state index in [0.717, 1.165) is 38.5 Å². The molecule has 0 saturated heterocycles. The number of nitrogens with zero attached hydrogens (tertiary/aromatic N) is 2. The first kappa shape index (κ1) is 15.5. The number of amides is 2. The second-order valence-corrected chi connectivity index (χ2v) is 5.09. The largest absolute Gasteiger partial charge is 0.480 e. The van der Waals surface area contributed by atoms with E-state index in [2.05, 4.69) is 6.58 Å². The molecule has 5 heteroatoms. The van der Waals surface area contributed by atoms with Crippen LogP contribution in [0.4, 0.5) is 4.79 Å². The molecule has 0 spiro atoms. The third-order valence-corrected chi connectivity index (χ3v) is 3.55. The minimum Gasteiger partial charge on any atom is -0.480 e. The highest BCUT2D eigenvalue weighted by molar-refractivity contribution is 5.80. The Balaban J connectivity index is 2.59. The Morgan fingerprint density at radius 2 is 2.00 bits per heavy atom. The van der Waals surface area contributed by atoms with Crippen molar-refractivity contribution in [1.82, 2.24) is 9.80 Å². The average Bonchev–Trinajstić information content (AvgIpc) is 2.88. The number of carbonyl (C=O) groups excluding carboxylic acids is 1. The molecule has 1 saturated carbocycles. The third kappa shape index (κ3) is 4.93. The molecule has 5 nitrogen and oxygen atoms in total. The van der Waals surface area contributed by atoms with Gasteiger partial charge in [0.1, 0.15) is 6.54 Å². The van der Waals surface area contributed by atoms with Gasteiger partial charge in [0, 0.05) is 19.6 Å². The van der Waals surface area contributed by atoms with Gasteiger partial charge in [0.25, 0.3) is 0 Å². The summed E-state index contributed by atoms with van der Waals surface area (Å²) in [6, 6.07) is -0.0798. The minimum absolute atomic E-state index is 0.0884.